The Morgan fingerprint density at radius 3 is 2.64 bits per heavy atom. The van der Waals surface area contributed by atoms with Crippen molar-refractivity contribution in [1.82, 2.24) is 0 Å². The van der Waals surface area contributed by atoms with Crippen molar-refractivity contribution in [2.75, 3.05) is 0 Å². The van der Waals surface area contributed by atoms with Crippen LogP contribution in [0.5, 0.6) is 5.75 Å². The number of rotatable bonds is 4. The lowest BCUT2D eigenvalue weighted by Gasteiger charge is -2.11. The molecule has 0 aromatic heterocycles. The van der Waals surface area contributed by atoms with Crippen LogP contribution < -0.4 is 4.74 Å². The van der Waals surface area contributed by atoms with E-state index in [9.17, 15) is 4.79 Å². The highest BCUT2D eigenvalue weighted by Gasteiger charge is 2.17. The van der Waals surface area contributed by atoms with Gasteiger partial charge in [0.1, 0.15) is 5.75 Å². The molecule has 14 heavy (non-hydrogen) atoms. The van der Waals surface area contributed by atoms with Gasteiger partial charge in [0.2, 0.25) is 6.10 Å². The van der Waals surface area contributed by atoms with Gasteiger partial charge in [-0.25, -0.2) is 4.79 Å². The Hall–Kier alpha value is -1.95. The fourth-order valence-corrected chi connectivity index (χ4v) is 0.950. The minimum absolute atomic E-state index is 0.0597. The smallest absolute Gasteiger partial charge is 0.345 e. The summed E-state index contributed by atoms with van der Waals surface area (Å²) in [7, 11) is 0. The number of benzene rings is 1. The maximum atomic E-state index is 10.7. The van der Waals surface area contributed by atoms with E-state index in [1.54, 1.807) is 24.3 Å². The largest absolute Gasteiger partial charge is 0.478 e. The van der Waals surface area contributed by atoms with Crippen LogP contribution >= 0.6 is 0 Å². The SMILES string of the molecule is C#CCC(Oc1ccccc1)C(=O)O. The first-order chi connectivity index (χ1) is 6.74. The quantitative estimate of drug-likeness (QED) is 0.732. The van der Waals surface area contributed by atoms with Gasteiger partial charge in [0.25, 0.3) is 0 Å². The Bertz CT molecular complexity index is 337. The minimum atomic E-state index is -1.05. The Balaban J connectivity index is 2.66. The summed E-state index contributed by atoms with van der Waals surface area (Å²) in [4.78, 5) is 10.7. The normalized spacial score (nSPS) is 11.4. The van der Waals surface area contributed by atoms with E-state index in [1.165, 1.54) is 0 Å². The van der Waals surface area contributed by atoms with Gasteiger partial charge >= 0.3 is 5.97 Å². The van der Waals surface area contributed by atoms with E-state index < -0.39 is 12.1 Å². The molecule has 1 N–H and O–H groups in total. The number of aliphatic carboxylic acids is 1. The van der Waals surface area contributed by atoms with Gasteiger partial charge in [-0.2, -0.15) is 0 Å². The summed E-state index contributed by atoms with van der Waals surface area (Å²) in [5.41, 5.74) is 0. The van der Waals surface area contributed by atoms with Gasteiger partial charge in [0.05, 0.1) is 6.42 Å². The number of carbonyl (C=O) groups is 1. The van der Waals surface area contributed by atoms with E-state index >= 15 is 0 Å². The molecule has 0 aliphatic rings. The van der Waals surface area contributed by atoms with Crippen molar-refractivity contribution in [3.05, 3.63) is 30.3 Å². The number of terminal acetylenes is 1. The Kier molecular flexibility index (Phi) is 3.57. The van der Waals surface area contributed by atoms with Crippen molar-refractivity contribution in [3.8, 4) is 18.1 Å². The van der Waals surface area contributed by atoms with Gasteiger partial charge in [-0.3, -0.25) is 0 Å². The summed E-state index contributed by atoms with van der Waals surface area (Å²) in [5, 5.41) is 8.75. The first-order valence-corrected chi connectivity index (χ1v) is 4.12. The average molecular weight is 190 g/mol. The Morgan fingerprint density at radius 1 is 1.50 bits per heavy atom. The second-order valence-electron chi connectivity index (χ2n) is 2.67. The molecule has 0 aliphatic heterocycles. The molecule has 3 nitrogen and oxygen atoms in total. The average Bonchev–Trinajstić information content (AvgIpc) is 2.18. The van der Waals surface area contributed by atoms with Crippen LogP contribution in [-0.4, -0.2) is 17.2 Å². The number of ether oxygens (including phenoxy) is 1. The summed E-state index contributed by atoms with van der Waals surface area (Å²) in [6, 6.07) is 8.73. The van der Waals surface area contributed by atoms with Crippen LogP contribution in [0.3, 0.4) is 0 Å². The fraction of sp³-hybridized carbons (Fsp3) is 0.182. The molecule has 0 fully saturated rings. The zero-order valence-corrected chi connectivity index (χ0v) is 7.51. The van der Waals surface area contributed by atoms with E-state index in [-0.39, 0.29) is 6.42 Å². The molecule has 0 amide bonds. The molecule has 0 spiro atoms. The zero-order chi connectivity index (χ0) is 10.4. The van der Waals surface area contributed by atoms with Gasteiger partial charge in [-0.15, -0.1) is 12.3 Å². The number of carboxylic acids is 1. The van der Waals surface area contributed by atoms with Crippen molar-refractivity contribution in [3.63, 3.8) is 0 Å². The van der Waals surface area contributed by atoms with Crippen LogP contribution in [-0.2, 0) is 4.79 Å². The van der Waals surface area contributed by atoms with Gasteiger partial charge < -0.3 is 9.84 Å². The molecule has 1 aromatic rings. The third-order valence-corrected chi connectivity index (χ3v) is 1.60. The van der Waals surface area contributed by atoms with Crippen LogP contribution in [0.1, 0.15) is 6.42 Å². The highest BCUT2D eigenvalue weighted by Crippen LogP contribution is 2.12. The van der Waals surface area contributed by atoms with Gasteiger partial charge in [-0.05, 0) is 12.1 Å². The lowest BCUT2D eigenvalue weighted by molar-refractivity contribution is -0.144. The molecule has 1 unspecified atom stereocenters. The monoisotopic (exact) mass is 190 g/mol. The molecule has 0 radical (unpaired) electrons. The standard InChI is InChI=1S/C11H10O3/c1-2-6-10(11(12)13)14-9-7-4-3-5-8-9/h1,3-5,7-8,10H,6H2,(H,12,13). The second kappa shape index (κ2) is 4.93. The van der Waals surface area contributed by atoms with Crippen molar-refractivity contribution in [2.24, 2.45) is 0 Å². The first-order valence-electron chi connectivity index (χ1n) is 4.12. The van der Waals surface area contributed by atoms with Gasteiger partial charge in [-0.1, -0.05) is 18.2 Å². The molecule has 0 heterocycles. The highest BCUT2D eigenvalue weighted by atomic mass is 16.5. The third kappa shape index (κ3) is 2.83. The van der Waals surface area contributed by atoms with Crippen molar-refractivity contribution < 1.29 is 14.6 Å². The molecule has 1 aromatic carbocycles. The summed E-state index contributed by atoms with van der Waals surface area (Å²) in [5.74, 6) is 1.72. The summed E-state index contributed by atoms with van der Waals surface area (Å²) in [6.45, 7) is 0. The lowest BCUT2D eigenvalue weighted by atomic mass is 10.2. The third-order valence-electron chi connectivity index (χ3n) is 1.60. The second-order valence-corrected chi connectivity index (χ2v) is 2.67. The highest BCUT2D eigenvalue weighted by molar-refractivity contribution is 5.73. The topological polar surface area (TPSA) is 46.5 Å². The molecule has 0 aliphatic carbocycles. The molecule has 1 rings (SSSR count). The maximum absolute atomic E-state index is 10.7. The van der Waals surface area contributed by atoms with E-state index in [4.69, 9.17) is 16.3 Å². The van der Waals surface area contributed by atoms with Crippen LogP contribution in [0.25, 0.3) is 0 Å². The predicted octanol–water partition coefficient (Wildman–Crippen LogP) is 1.54. The van der Waals surface area contributed by atoms with E-state index in [2.05, 4.69) is 5.92 Å². The zero-order valence-electron chi connectivity index (χ0n) is 7.51. The fourth-order valence-electron chi connectivity index (χ4n) is 0.950. The van der Waals surface area contributed by atoms with Crippen LogP contribution in [0.4, 0.5) is 0 Å². The van der Waals surface area contributed by atoms with Crippen molar-refractivity contribution >= 4 is 5.97 Å². The molecule has 3 heteroatoms. The predicted molar refractivity (Wildman–Crippen MR) is 51.9 cm³/mol. The molecule has 0 saturated heterocycles. The summed E-state index contributed by atoms with van der Waals surface area (Å²) >= 11 is 0. The molecule has 1 atom stereocenters. The van der Waals surface area contributed by atoms with Gasteiger partial charge in [0, 0.05) is 0 Å². The van der Waals surface area contributed by atoms with Crippen LogP contribution in [0.2, 0.25) is 0 Å². The first kappa shape index (κ1) is 10.1. The summed E-state index contributed by atoms with van der Waals surface area (Å²) < 4.78 is 5.17. The molecular weight excluding hydrogens is 180 g/mol. The molecule has 0 bridgehead atoms. The lowest BCUT2D eigenvalue weighted by Crippen LogP contribution is -2.26. The molecule has 0 saturated carbocycles. The van der Waals surface area contributed by atoms with Crippen LogP contribution in [0.15, 0.2) is 30.3 Å². The van der Waals surface area contributed by atoms with Gasteiger partial charge in [0.15, 0.2) is 0 Å². The minimum Gasteiger partial charge on any atom is -0.478 e. The van der Waals surface area contributed by atoms with E-state index in [0.717, 1.165) is 0 Å². The van der Waals surface area contributed by atoms with Crippen LogP contribution in [0, 0.1) is 12.3 Å². The van der Waals surface area contributed by atoms with Crippen molar-refractivity contribution in [1.29, 1.82) is 0 Å². The van der Waals surface area contributed by atoms with E-state index in [0.29, 0.717) is 5.75 Å². The number of hydrogen-bond donors (Lipinski definition) is 1. The van der Waals surface area contributed by atoms with Crippen molar-refractivity contribution in [2.45, 2.75) is 12.5 Å². The Labute approximate surface area is 82.3 Å². The summed E-state index contributed by atoms with van der Waals surface area (Å²) in [6.07, 6.45) is 4.12. The number of hydrogen-bond acceptors (Lipinski definition) is 2. The molecule has 72 valence electrons. The molecular formula is C11H10O3. The van der Waals surface area contributed by atoms with E-state index in [1.807, 2.05) is 6.07 Å². The number of carboxylic acid groups (broad SMARTS) is 1. The number of para-hydroxylation sites is 1. The Morgan fingerprint density at radius 2 is 2.14 bits per heavy atom. The maximum Gasteiger partial charge on any atom is 0.345 e.